The molecule has 1 saturated carbocycles. The number of thiophene rings is 1. The summed E-state index contributed by atoms with van der Waals surface area (Å²) in [6.07, 6.45) is 4.27. The van der Waals surface area contributed by atoms with Crippen molar-refractivity contribution in [1.82, 2.24) is 9.47 Å². The van der Waals surface area contributed by atoms with Crippen LogP contribution >= 0.6 is 27.3 Å². The number of carbonyl (C=O) groups excluding carboxylic acids is 1. The summed E-state index contributed by atoms with van der Waals surface area (Å²) in [4.78, 5) is 27.5. The molecule has 0 N–H and O–H groups in total. The predicted molar refractivity (Wildman–Crippen MR) is 90.9 cm³/mol. The van der Waals surface area contributed by atoms with Gasteiger partial charge in [0.25, 0.3) is 5.56 Å². The first-order valence-corrected chi connectivity index (χ1v) is 8.98. The fourth-order valence-corrected chi connectivity index (χ4v) is 3.50. The summed E-state index contributed by atoms with van der Waals surface area (Å²) in [5.74, 6) is 0.128. The first kappa shape index (κ1) is 15.5. The molecule has 6 heteroatoms. The van der Waals surface area contributed by atoms with E-state index in [2.05, 4.69) is 22.0 Å². The third kappa shape index (κ3) is 3.87. The molecule has 2 heterocycles. The minimum Gasteiger partial charge on any atom is -0.335 e. The Labute approximate surface area is 141 Å². The molecule has 0 atom stereocenters. The molecule has 4 nitrogen and oxygen atoms in total. The number of amides is 1. The fourth-order valence-electron chi connectivity index (χ4n) is 2.41. The highest BCUT2D eigenvalue weighted by Gasteiger charge is 2.32. The molecule has 2 aromatic heterocycles. The third-order valence-electron chi connectivity index (χ3n) is 3.73. The molecule has 1 aliphatic carbocycles. The summed E-state index contributed by atoms with van der Waals surface area (Å²) < 4.78 is 2.43. The first-order valence-electron chi connectivity index (χ1n) is 7.31. The fraction of sp³-hybridized carbons (Fsp3) is 0.375. The number of aromatic nitrogens is 1. The lowest BCUT2D eigenvalue weighted by atomic mass is 10.3. The van der Waals surface area contributed by atoms with Crippen LogP contribution in [0.1, 0.15) is 24.1 Å². The lowest BCUT2D eigenvalue weighted by molar-refractivity contribution is -0.132. The molecule has 116 valence electrons. The zero-order chi connectivity index (χ0) is 15.5. The summed E-state index contributed by atoms with van der Waals surface area (Å²) in [6, 6.07) is 7.68. The number of carbonyl (C=O) groups is 1. The summed E-state index contributed by atoms with van der Waals surface area (Å²) in [6.45, 7) is 1.11. The third-order valence-corrected chi connectivity index (χ3v) is 5.06. The quantitative estimate of drug-likeness (QED) is 0.771. The van der Waals surface area contributed by atoms with Crippen molar-refractivity contribution in [3.63, 3.8) is 0 Å². The van der Waals surface area contributed by atoms with Gasteiger partial charge in [0.05, 0.1) is 6.54 Å². The summed E-state index contributed by atoms with van der Waals surface area (Å²) in [7, 11) is 0. The van der Waals surface area contributed by atoms with Gasteiger partial charge < -0.3 is 9.47 Å². The van der Waals surface area contributed by atoms with E-state index in [1.54, 1.807) is 28.2 Å². The summed E-state index contributed by atoms with van der Waals surface area (Å²) >= 11 is 5.03. The SMILES string of the molecule is O=C(CCn1cc(Br)ccc1=O)N(Cc1cccs1)C1CC1. The van der Waals surface area contributed by atoms with Gasteiger partial charge >= 0.3 is 0 Å². The van der Waals surface area contributed by atoms with Gasteiger partial charge in [-0.1, -0.05) is 6.07 Å². The zero-order valence-corrected chi connectivity index (χ0v) is 14.5. The zero-order valence-electron chi connectivity index (χ0n) is 12.1. The highest BCUT2D eigenvalue weighted by molar-refractivity contribution is 9.10. The van der Waals surface area contributed by atoms with Crippen LogP contribution in [-0.4, -0.2) is 21.4 Å². The molecular formula is C16H17BrN2O2S. The predicted octanol–water partition coefficient (Wildman–Crippen LogP) is 3.25. The molecule has 0 unspecified atom stereocenters. The van der Waals surface area contributed by atoms with Crippen LogP contribution in [-0.2, 0) is 17.9 Å². The number of hydrogen-bond donors (Lipinski definition) is 0. The van der Waals surface area contributed by atoms with E-state index < -0.39 is 0 Å². The van der Waals surface area contributed by atoms with E-state index in [1.807, 2.05) is 16.3 Å². The Kier molecular flexibility index (Phi) is 4.78. The van der Waals surface area contributed by atoms with Crippen molar-refractivity contribution in [2.75, 3.05) is 0 Å². The van der Waals surface area contributed by atoms with Crippen LogP contribution in [0.3, 0.4) is 0 Å². The van der Waals surface area contributed by atoms with Crippen molar-refractivity contribution in [3.05, 3.63) is 55.5 Å². The molecule has 22 heavy (non-hydrogen) atoms. The molecule has 2 aromatic rings. The van der Waals surface area contributed by atoms with Crippen LogP contribution in [0, 0.1) is 0 Å². The van der Waals surface area contributed by atoms with Crippen molar-refractivity contribution in [2.45, 2.75) is 38.4 Å². The topological polar surface area (TPSA) is 42.3 Å². The second-order valence-corrected chi connectivity index (χ2v) is 7.41. The van der Waals surface area contributed by atoms with Gasteiger partial charge in [-0.3, -0.25) is 9.59 Å². The molecule has 0 aliphatic heterocycles. The van der Waals surface area contributed by atoms with E-state index in [1.165, 1.54) is 10.9 Å². The number of aryl methyl sites for hydroxylation is 1. The summed E-state index contributed by atoms with van der Waals surface area (Å²) in [5, 5.41) is 2.03. The molecule has 1 amide bonds. The van der Waals surface area contributed by atoms with Gasteiger partial charge in [0.1, 0.15) is 0 Å². The Morgan fingerprint density at radius 3 is 2.86 bits per heavy atom. The van der Waals surface area contributed by atoms with Crippen molar-refractivity contribution in [1.29, 1.82) is 0 Å². The van der Waals surface area contributed by atoms with E-state index in [0.29, 0.717) is 25.6 Å². The normalized spacial score (nSPS) is 14.0. The molecule has 0 spiro atoms. The van der Waals surface area contributed by atoms with Gasteiger partial charge in [-0.05, 0) is 46.3 Å². The maximum absolute atomic E-state index is 12.5. The largest absolute Gasteiger partial charge is 0.335 e. The lowest BCUT2D eigenvalue weighted by Crippen LogP contribution is -2.33. The van der Waals surface area contributed by atoms with Gasteiger partial charge in [0.15, 0.2) is 0 Å². The Balaban J connectivity index is 1.64. The standard InChI is InChI=1S/C16H17BrN2O2S/c17-12-3-6-15(20)18(10-12)8-7-16(21)19(13-4-5-13)11-14-2-1-9-22-14/h1-3,6,9-10,13H,4-5,7-8,11H2. The summed E-state index contributed by atoms with van der Waals surface area (Å²) in [5.41, 5.74) is -0.0766. The van der Waals surface area contributed by atoms with Crippen molar-refractivity contribution in [3.8, 4) is 0 Å². The number of pyridine rings is 1. The average molecular weight is 381 g/mol. The van der Waals surface area contributed by atoms with Gasteiger partial charge in [-0.15, -0.1) is 11.3 Å². The van der Waals surface area contributed by atoms with E-state index in [4.69, 9.17) is 0 Å². The van der Waals surface area contributed by atoms with Crippen molar-refractivity contribution >= 4 is 33.2 Å². The van der Waals surface area contributed by atoms with E-state index in [-0.39, 0.29) is 11.5 Å². The van der Waals surface area contributed by atoms with Gasteiger partial charge in [0.2, 0.25) is 5.91 Å². The lowest BCUT2D eigenvalue weighted by Gasteiger charge is -2.22. The first-order chi connectivity index (χ1) is 10.6. The molecule has 1 aliphatic rings. The highest BCUT2D eigenvalue weighted by atomic mass is 79.9. The molecule has 0 aromatic carbocycles. The minimum atomic E-state index is -0.0766. The van der Waals surface area contributed by atoms with Gasteiger partial charge in [-0.2, -0.15) is 0 Å². The smallest absolute Gasteiger partial charge is 0.250 e. The van der Waals surface area contributed by atoms with Crippen molar-refractivity contribution in [2.24, 2.45) is 0 Å². The molecule has 0 saturated heterocycles. The number of nitrogens with zero attached hydrogens (tertiary/aromatic N) is 2. The molecule has 0 bridgehead atoms. The Hall–Kier alpha value is -1.40. The van der Waals surface area contributed by atoms with E-state index in [0.717, 1.165) is 17.3 Å². The Morgan fingerprint density at radius 1 is 1.36 bits per heavy atom. The maximum Gasteiger partial charge on any atom is 0.250 e. The van der Waals surface area contributed by atoms with Crippen LogP contribution in [0.15, 0.2) is 45.1 Å². The van der Waals surface area contributed by atoms with Crippen LogP contribution in [0.4, 0.5) is 0 Å². The molecule has 1 fully saturated rings. The van der Waals surface area contributed by atoms with E-state index in [9.17, 15) is 9.59 Å². The molecule has 3 rings (SSSR count). The van der Waals surface area contributed by atoms with Gasteiger partial charge in [-0.25, -0.2) is 0 Å². The number of halogens is 1. The molecular weight excluding hydrogens is 364 g/mol. The number of rotatable bonds is 6. The van der Waals surface area contributed by atoms with Crippen LogP contribution in [0.2, 0.25) is 0 Å². The maximum atomic E-state index is 12.5. The second kappa shape index (κ2) is 6.79. The van der Waals surface area contributed by atoms with Crippen LogP contribution in [0.5, 0.6) is 0 Å². The minimum absolute atomic E-state index is 0.0766. The van der Waals surface area contributed by atoms with Crippen LogP contribution in [0.25, 0.3) is 0 Å². The second-order valence-electron chi connectivity index (χ2n) is 5.46. The van der Waals surface area contributed by atoms with Crippen LogP contribution < -0.4 is 5.56 Å². The Morgan fingerprint density at radius 2 is 2.18 bits per heavy atom. The van der Waals surface area contributed by atoms with Crippen molar-refractivity contribution < 1.29 is 4.79 Å². The van der Waals surface area contributed by atoms with E-state index >= 15 is 0 Å². The Bertz CT molecular complexity index is 707. The monoisotopic (exact) mass is 380 g/mol. The highest BCUT2D eigenvalue weighted by Crippen LogP contribution is 2.29. The molecule has 0 radical (unpaired) electrons. The van der Waals surface area contributed by atoms with Gasteiger partial charge in [0, 0.05) is 40.6 Å². The number of hydrogen-bond acceptors (Lipinski definition) is 3. The average Bonchev–Trinajstić information content (AvgIpc) is 3.21.